The lowest BCUT2D eigenvalue weighted by Gasteiger charge is -2.16. The summed E-state index contributed by atoms with van der Waals surface area (Å²) in [5.74, 6) is 1.14. The minimum absolute atomic E-state index is 0.184. The van der Waals surface area contributed by atoms with E-state index < -0.39 is 0 Å². The Bertz CT molecular complexity index is 122. The molecule has 1 rings (SSSR count). The summed E-state index contributed by atoms with van der Waals surface area (Å²) in [6, 6.07) is 0.691. The highest BCUT2D eigenvalue weighted by atomic mass is 32.2. The van der Waals surface area contributed by atoms with E-state index in [2.05, 4.69) is 12.2 Å². The lowest BCUT2D eigenvalue weighted by atomic mass is 10.3. The van der Waals surface area contributed by atoms with Gasteiger partial charge in [0, 0.05) is 17.0 Å². The molecule has 3 atom stereocenters. The molecule has 1 fully saturated rings. The second-order valence-electron chi connectivity index (χ2n) is 3.57. The first-order valence-corrected chi connectivity index (χ1v) is 5.78. The van der Waals surface area contributed by atoms with Crippen LogP contribution in [0, 0.1) is 0 Å². The van der Waals surface area contributed by atoms with Crippen molar-refractivity contribution in [1.82, 2.24) is 5.32 Å². The molecule has 0 aromatic carbocycles. The van der Waals surface area contributed by atoms with Crippen LogP contribution in [0.25, 0.3) is 0 Å². The Balaban J connectivity index is 2.07. The van der Waals surface area contributed by atoms with Crippen LogP contribution in [0.5, 0.6) is 0 Å². The van der Waals surface area contributed by atoms with Gasteiger partial charge in [-0.05, 0) is 26.3 Å². The van der Waals surface area contributed by atoms with Crippen LogP contribution in [-0.4, -0.2) is 34.8 Å². The molecule has 0 aromatic rings. The number of nitrogens with one attached hydrogen (secondary N) is 1. The fourth-order valence-corrected chi connectivity index (χ4v) is 2.41. The summed E-state index contributed by atoms with van der Waals surface area (Å²) in [6.07, 6.45) is 2.43. The number of rotatable bonds is 4. The first-order valence-electron chi connectivity index (χ1n) is 4.73. The van der Waals surface area contributed by atoms with Gasteiger partial charge in [0.05, 0.1) is 6.10 Å². The molecule has 0 bridgehead atoms. The van der Waals surface area contributed by atoms with Gasteiger partial charge in [-0.1, -0.05) is 6.92 Å². The Kier molecular flexibility index (Phi) is 4.40. The van der Waals surface area contributed by atoms with Gasteiger partial charge in [0.1, 0.15) is 0 Å². The lowest BCUT2D eigenvalue weighted by Crippen LogP contribution is -2.26. The monoisotopic (exact) mass is 189 g/mol. The number of hydrogen-bond acceptors (Lipinski definition) is 3. The van der Waals surface area contributed by atoms with Gasteiger partial charge in [-0.2, -0.15) is 11.8 Å². The van der Waals surface area contributed by atoms with Crippen molar-refractivity contribution in [2.45, 2.75) is 44.1 Å². The van der Waals surface area contributed by atoms with E-state index in [1.807, 2.05) is 18.7 Å². The average Bonchev–Trinajstić information content (AvgIpc) is 2.51. The molecule has 2 nitrogen and oxygen atoms in total. The SMILES string of the molecule is CC(O)C(C)SC[C@@H]1CCCN1. The summed E-state index contributed by atoms with van der Waals surface area (Å²) >= 11 is 1.87. The van der Waals surface area contributed by atoms with Crippen LogP contribution in [0.3, 0.4) is 0 Å². The fraction of sp³-hybridized carbons (Fsp3) is 1.00. The Labute approximate surface area is 79.1 Å². The zero-order valence-electron chi connectivity index (χ0n) is 7.92. The molecule has 0 aliphatic carbocycles. The third kappa shape index (κ3) is 3.33. The van der Waals surface area contributed by atoms with E-state index in [1.54, 1.807) is 0 Å². The molecule has 0 radical (unpaired) electrons. The van der Waals surface area contributed by atoms with E-state index >= 15 is 0 Å². The second-order valence-corrected chi connectivity index (χ2v) is 4.98. The molecular weight excluding hydrogens is 170 g/mol. The third-order valence-electron chi connectivity index (χ3n) is 2.40. The molecule has 2 N–H and O–H groups in total. The highest BCUT2D eigenvalue weighted by Gasteiger charge is 2.16. The zero-order chi connectivity index (χ0) is 8.97. The quantitative estimate of drug-likeness (QED) is 0.698. The molecule has 0 saturated carbocycles. The first-order chi connectivity index (χ1) is 5.70. The molecule has 72 valence electrons. The maximum atomic E-state index is 9.25. The zero-order valence-corrected chi connectivity index (χ0v) is 8.73. The minimum atomic E-state index is -0.184. The molecule has 1 saturated heterocycles. The minimum Gasteiger partial charge on any atom is -0.392 e. The predicted molar refractivity (Wildman–Crippen MR) is 54.6 cm³/mol. The van der Waals surface area contributed by atoms with Crippen molar-refractivity contribution in [2.75, 3.05) is 12.3 Å². The van der Waals surface area contributed by atoms with Gasteiger partial charge in [-0.15, -0.1) is 0 Å². The third-order valence-corrected chi connectivity index (χ3v) is 3.92. The maximum absolute atomic E-state index is 9.25. The van der Waals surface area contributed by atoms with Crippen molar-refractivity contribution in [3.8, 4) is 0 Å². The first kappa shape index (κ1) is 10.4. The highest BCUT2D eigenvalue weighted by Crippen LogP contribution is 2.18. The molecule has 0 spiro atoms. The molecule has 0 amide bonds. The smallest absolute Gasteiger partial charge is 0.0628 e. The van der Waals surface area contributed by atoms with Crippen LogP contribution in [-0.2, 0) is 0 Å². The van der Waals surface area contributed by atoms with Gasteiger partial charge in [-0.25, -0.2) is 0 Å². The molecule has 1 aliphatic rings. The summed E-state index contributed by atoms with van der Waals surface area (Å²) in [5.41, 5.74) is 0. The van der Waals surface area contributed by atoms with Crippen molar-refractivity contribution in [1.29, 1.82) is 0 Å². The van der Waals surface area contributed by atoms with E-state index in [1.165, 1.54) is 19.4 Å². The van der Waals surface area contributed by atoms with Crippen molar-refractivity contribution in [3.05, 3.63) is 0 Å². The molecular formula is C9H19NOS. The molecule has 0 aromatic heterocycles. The molecule has 1 aliphatic heterocycles. The number of thioether (sulfide) groups is 1. The van der Waals surface area contributed by atoms with Gasteiger partial charge in [0.2, 0.25) is 0 Å². The maximum Gasteiger partial charge on any atom is 0.0628 e. The Morgan fingerprint density at radius 2 is 2.33 bits per heavy atom. The Morgan fingerprint density at radius 1 is 1.58 bits per heavy atom. The topological polar surface area (TPSA) is 32.3 Å². The van der Waals surface area contributed by atoms with E-state index in [0.717, 1.165) is 5.75 Å². The van der Waals surface area contributed by atoms with Crippen molar-refractivity contribution >= 4 is 11.8 Å². The van der Waals surface area contributed by atoms with Crippen molar-refractivity contribution in [2.24, 2.45) is 0 Å². The fourth-order valence-electron chi connectivity index (χ4n) is 1.31. The predicted octanol–water partition coefficient (Wildman–Crippen LogP) is 1.24. The van der Waals surface area contributed by atoms with E-state index in [-0.39, 0.29) is 6.10 Å². The van der Waals surface area contributed by atoms with Crippen LogP contribution in [0.1, 0.15) is 26.7 Å². The van der Waals surface area contributed by atoms with Crippen LogP contribution in [0.2, 0.25) is 0 Å². The number of aliphatic hydroxyl groups is 1. The van der Waals surface area contributed by atoms with E-state index in [0.29, 0.717) is 11.3 Å². The largest absolute Gasteiger partial charge is 0.392 e. The van der Waals surface area contributed by atoms with Gasteiger partial charge < -0.3 is 10.4 Å². The number of hydrogen-bond donors (Lipinski definition) is 2. The van der Waals surface area contributed by atoms with Crippen molar-refractivity contribution in [3.63, 3.8) is 0 Å². The average molecular weight is 189 g/mol. The molecule has 12 heavy (non-hydrogen) atoms. The van der Waals surface area contributed by atoms with Crippen LogP contribution >= 0.6 is 11.8 Å². The molecule has 3 heteroatoms. The standard InChI is InChI=1S/C9H19NOS/c1-7(11)8(2)12-6-9-4-3-5-10-9/h7-11H,3-6H2,1-2H3/t7?,8?,9-/m0/s1. The van der Waals surface area contributed by atoms with E-state index in [4.69, 9.17) is 0 Å². The van der Waals surface area contributed by atoms with Gasteiger partial charge >= 0.3 is 0 Å². The van der Waals surface area contributed by atoms with E-state index in [9.17, 15) is 5.11 Å². The van der Waals surface area contributed by atoms with Gasteiger partial charge in [-0.3, -0.25) is 0 Å². The lowest BCUT2D eigenvalue weighted by molar-refractivity contribution is 0.196. The second kappa shape index (κ2) is 5.10. The normalized spacial score (nSPS) is 28.8. The summed E-state index contributed by atoms with van der Waals surface area (Å²) in [6.45, 7) is 5.12. The highest BCUT2D eigenvalue weighted by molar-refractivity contribution is 7.99. The Hall–Kier alpha value is 0.270. The van der Waals surface area contributed by atoms with Gasteiger partial charge in [0.15, 0.2) is 0 Å². The van der Waals surface area contributed by atoms with Gasteiger partial charge in [0.25, 0.3) is 0 Å². The van der Waals surface area contributed by atoms with Crippen LogP contribution in [0.15, 0.2) is 0 Å². The number of aliphatic hydroxyl groups excluding tert-OH is 1. The summed E-state index contributed by atoms with van der Waals surface area (Å²) in [4.78, 5) is 0. The van der Waals surface area contributed by atoms with Crippen LogP contribution in [0.4, 0.5) is 0 Å². The van der Waals surface area contributed by atoms with Crippen LogP contribution < -0.4 is 5.32 Å². The van der Waals surface area contributed by atoms with Crippen molar-refractivity contribution < 1.29 is 5.11 Å². The Morgan fingerprint density at radius 3 is 2.83 bits per heavy atom. The molecule has 1 heterocycles. The summed E-state index contributed by atoms with van der Waals surface area (Å²) in [5, 5.41) is 13.1. The summed E-state index contributed by atoms with van der Waals surface area (Å²) in [7, 11) is 0. The summed E-state index contributed by atoms with van der Waals surface area (Å²) < 4.78 is 0. The molecule has 2 unspecified atom stereocenters.